The van der Waals surface area contributed by atoms with Crippen LogP contribution in [-0.4, -0.2) is 24.4 Å². The zero-order valence-electron chi connectivity index (χ0n) is 12.9. The molecule has 1 aromatic heterocycles. The zero-order chi connectivity index (χ0) is 15.8. The molecule has 0 saturated heterocycles. The molecule has 0 atom stereocenters. The van der Waals surface area contributed by atoms with E-state index in [1.54, 1.807) is 0 Å². The third-order valence-electron chi connectivity index (χ3n) is 4.42. The van der Waals surface area contributed by atoms with E-state index in [4.69, 9.17) is 4.74 Å². The van der Waals surface area contributed by atoms with Crippen molar-refractivity contribution in [2.24, 2.45) is 0 Å². The highest BCUT2D eigenvalue weighted by atomic mass is 19.1. The molecule has 1 N–H and O–H groups in total. The van der Waals surface area contributed by atoms with Crippen molar-refractivity contribution in [1.29, 1.82) is 0 Å². The second kappa shape index (κ2) is 5.61. The van der Waals surface area contributed by atoms with Gasteiger partial charge in [-0.15, -0.1) is 0 Å². The summed E-state index contributed by atoms with van der Waals surface area (Å²) < 4.78 is 20.9. The Labute approximate surface area is 134 Å². The first kappa shape index (κ1) is 14.1. The van der Waals surface area contributed by atoms with Gasteiger partial charge in [0.2, 0.25) is 0 Å². The summed E-state index contributed by atoms with van der Waals surface area (Å²) in [6.07, 6.45) is 0.514. The number of alkyl halides is 1. The second-order valence-corrected chi connectivity index (χ2v) is 5.80. The van der Waals surface area contributed by atoms with Crippen molar-refractivity contribution >= 4 is 27.5 Å². The molecule has 0 unspecified atom stereocenters. The Morgan fingerprint density at radius 2 is 2.04 bits per heavy atom. The minimum Gasteiger partial charge on any atom is -0.490 e. The maximum Gasteiger partial charge on any atom is 0.138 e. The lowest BCUT2D eigenvalue weighted by atomic mass is 10.1. The molecule has 118 valence electrons. The van der Waals surface area contributed by atoms with Gasteiger partial charge in [-0.05, 0) is 24.6 Å². The van der Waals surface area contributed by atoms with E-state index >= 15 is 0 Å². The largest absolute Gasteiger partial charge is 0.490 e. The highest BCUT2D eigenvalue weighted by molar-refractivity contribution is 6.12. The fourth-order valence-electron chi connectivity index (χ4n) is 3.40. The first-order valence-corrected chi connectivity index (χ1v) is 7.97. The molecule has 0 spiro atoms. The van der Waals surface area contributed by atoms with Crippen molar-refractivity contribution in [3.05, 3.63) is 48.5 Å². The standard InChI is InChI=1S/C19H19FN2O/c1-13-14-7-8-17-18(19(14)23-12-10-21-13)15-5-2-3-6-16(15)22(17)11-4-9-20/h2-3,5-8,21H,1,4,9-12H2. The molecular formula is C19H19FN2O. The number of ether oxygens (including phenoxy) is 1. The van der Waals surface area contributed by atoms with E-state index in [1.165, 1.54) is 0 Å². The lowest BCUT2D eigenvalue weighted by molar-refractivity contribution is 0.331. The number of halogens is 1. The third kappa shape index (κ3) is 2.17. The molecule has 0 saturated carbocycles. The van der Waals surface area contributed by atoms with Gasteiger partial charge in [0.1, 0.15) is 12.4 Å². The minimum absolute atomic E-state index is 0.309. The number of benzene rings is 2. The molecule has 0 bridgehead atoms. The summed E-state index contributed by atoms with van der Waals surface area (Å²) in [5, 5.41) is 5.52. The predicted molar refractivity (Wildman–Crippen MR) is 92.6 cm³/mol. The fraction of sp³-hybridized carbons (Fsp3) is 0.263. The van der Waals surface area contributed by atoms with Crippen molar-refractivity contribution in [1.82, 2.24) is 9.88 Å². The highest BCUT2D eigenvalue weighted by Crippen LogP contribution is 2.40. The average molecular weight is 310 g/mol. The summed E-state index contributed by atoms with van der Waals surface area (Å²) >= 11 is 0. The Bertz CT molecular complexity index is 897. The summed E-state index contributed by atoms with van der Waals surface area (Å²) in [5.41, 5.74) is 4.10. The first-order chi connectivity index (χ1) is 11.3. The molecule has 23 heavy (non-hydrogen) atoms. The van der Waals surface area contributed by atoms with Gasteiger partial charge in [-0.25, -0.2) is 0 Å². The quantitative estimate of drug-likeness (QED) is 0.788. The summed E-state index contributed by atoms with van der Waals surface area (Å²) in [5.74, 6) is 0.882. The normalized spacial score (nSPS) is 14.4. The molecule has 1 aliphatic rings. The number of hydrogen-bond acceptors (Lipinski definition) is 2. The molecule has 3 nitrogen and oxygen atoms in total. The van der Waals surface area contributed by atoms with E-state index in [9.17, 15) is 4.39 Å². The highest BCUT2D eigenvalue weighted by Gasteiger charge is 2.20. The van der Waals surface area contributed by atoms with Crippen LogP contribution in [0.3, 0.4) is 0 Å². The molecule has 4 rings (SSSR count). The van der Waals surface area contributed by atoms with Crippen LogP contribution in [0.1, 0.15) is 12.0 Å². The Kier molecular flexibility index (Phi) is 3.45. The number of fused-ring (bicyclic) bond motifs is 5. The van der Waals surface area contributed by atoms with Gasteiger partial charge in [0.25, 0.3) is 0 Å². The molecule has 1 aliphatic heterocycles. The molecule has 0 amide bonds. The number of nitrogens with one attached hydrogen (secondary N) is 1. The number of aromatic nitrogens is 1. The average Bonchev–Trinajstić information content (AvgIpc) is 2.78. The van der Waals surface area contributed by atoms with Crippen LogP contribution in [0.5, 0.6) is 5.75 Å². The Hall–Kier alpha value is -2.49. The van der Waals surface area contributed by atoms with Crippen LogP contribution in [0, 0.1) is 0 Å². The molecule has 2 heterocycles. The van der Waals surface area contributed by atoms with Gasteiger partial charge >= 0.3 is 0 Å². The van der Waals surface area contributed by atoms with Gasteiger partial charge in [-0.1, -0.05) is 24.8 Å². The first-order valence-electron chi connectivity index (χ1n) is 7.97. The van der Waals surface area contributed by atoms with E-state index < -0.39 is 0 Å². The Balaban J connectivity index is 2.07. The number of nitrogens with zero attached hydrogens (tertiary/aromatic N) is 1. The number of aryl methyl sites for hydroxylation is 1. The zero-order valence-corrected chi connectivity index (χ0v) is 12.9. The lowest BCUT2D eigenvalue weighted by Gasteiger charge is -2.11. The van der Waals surface area contributed by atoms with Crippen LogP contribution in [0.2, 0.25) is 0 Å². The smallest absolute Gasteiger partial charge is 0.138 e. The monoisotopic (exact) mass is 310 g/mol. The van der Waals surface area contributed by atoms with Crippen molar-refractivity contribution in [3.8, 4) is 5.75 Å². The van der Waals surface area contributed by atoms with E-state index in [0.29, 0.717) is 19.6 Å². The molecular weight excluding hydrogens is 291 g/mol. The van der Waals surface area contributed by atoms with Gasteiger partial charge in [0.05, 0.1) is 17.6 Å². The summed E-state index contributed by atoms with van der Waals surface area (Å²) in [6.45, 7) is 5.82. The van der Waals surface area contributed by atoms with Crippen LogP contribution in [0.15, 0.2) is 43.0 Å². The Morgan fingerprint density at radius 3 is 2.91 bits per heavy atom. The van der Waals surface area contributed by atoms with Gasteiger partial charge in [-0.2, -0.15) is 0 Å². The molecule has 4 heteroatoms. The summed E-state index contributed by atoms with van der Waals surface area (Å²) in [6, 6.07) is 12.4. The van der Waals surface area contributed by atoms with Crippen LogP contribution in [0.25, 0.3) is 27.5 Å². The summed E-state index contributed by atoms with van der Waals surface area (Å²) in [7, 11) is 0. The maximum absolute atomic E-state index is 12.7. The van der Waals surface area contributed by atoms with Crippen LogP contribution >= 0.6 is 0 Å². The van der Waals surface area contributed by atoms with Gasteiger partial charge < -0.3 is 14.6 Å². The topological polar surface area (TPSA) is 26.2 Å². The lowest BCUT2D eigenvalue weighted by Crippen LogP contribution is -2.14. The van der Waals surface area contributed by atoms with Crippen molar-refractivity contribution in [2.45, 2.75) is 13.0 Å². The van der Waals surface area contributed by atoms with Crippen LogP contribution in [0.4, 0.5) is 4.39 Å². The number of rotatable bonds is 3. The van der Waals surface area contributed by atoms with Crippen molar-refractivity contribution in [2.75, 3.05) is 19.8 Å². The van der Waals surface area contributed by atoms with E-state index in [1.807, 2.05) is 18.2 Å². The molecule has 0 aliphatic carbocycles. The van der Waals surface area contributed by atoms with Crippen LogP contribution in [-0.2, 0) is 6.54 Å². The molecule has 0 radical (unpaired) electrons. The molecule has 3 aromatic rings. The van der Waals surface area contributed by atoms with Gasteiger partial charge in [0.15, 0.2) is 0 Å². The van der Waals surface area contributed by atoms with Crippen LogP contribution < -0.4 is 10.1 Å². The number of para-hydroxylation sites is 1. The Morgan fingerprint density at radius 1 is 1.17 bits per heavy atom. The second-order valence-electron chi connectivity index (χ2n) is 5.80. The van der Waals surface area contributed by atoms with E-state index in [2.05, 4.69) is 34.7 Å². The maximum atomic E-state index is 12.7. The minimum atomic E-state index is -0.309. The van der Waals surface area contributed by atoms with Gasteiger partial charge in [-0.3, -0.25) is 4.39 Å². The SMILES string of the molecule is C=C1NCCOc2c1ccc1c2c2ccccc2n1CCCF. The predicted octanol–water partition coefficient (Wildman–Crippen LogP) is 4.11. The van der Waals surface area contributed by atoms with E-state index in [-0.39, 0.29) is 6.67 Å². The number of hydrogen-bond donors (Lipinski definition) is 1. The third-order valence-corrected chi connectivity index (χ3v) is 4.42. The summed E-state index contributed by atoms with van der Waals surface area (Å²) in [4.78, 5) is 0. The van der Waals surface area contributed by atoms with E-state index in [0.717, 1.165) is 45.4 Å². The van der Waals surface area contributed by atoms with Crippen molar-refractivity contribution in [3.63, 3.8) is 0 Å². The molecule has 2 aromatic carbocycles. The van der Waals surface area contributed by atoms with Gasteiger partial charge in [0, 0.05) is 35.3 Å². The molecule has 0 fully saturated rings. The van der Waals surface area contributed by atoms with Crippen molar-refractivity contribution < 1.29 is 9.13 Å². The fourth-order valence-corrected chi connectivity index (χ4v) is 3.40.